The molecule has 16 heteroatoms. The van der Waals surface area contributed by atoms with E-state index >= 15 is 0 Å². The Kier molecular flexibility index (Phi) is 9.95. The van der Waals surface area contributed by atoms with Gasteiger partial charge in [-0.3, -0.25) is 9.59 Å². The predicted octanol–water partition coefficient (Wildman–Crippen LogP) is 5.67. The molecule has 2 saturated carbocycles. The number of aromatic nitrogens is 5. The van der Waals surface area contributed by atoms with Crippen molar-refractivity contribution in [2.75, 3.05) is 0 Å². The third kappa shape index (κ3) is 10.2. The third-order valence-electron chi connectivity index (χ3n) is 7.09. The number of fused-ring (bicyclic) bond motifs is 1. The molecule has 3 aromatic rings. The number of carbonyl (C=O) groups is 2. The summed E-state index contributed by atoms with van der Waals surface area (Å²) in [4.78, 5) is 32.5. The van der Waals surface area contributed by atoms with Gasteiger partial charge >= 0.3 is 6.18 Å². The van der Waals surface area contributed by atoms with Crippen LogP contribution in [0.25, 0.3) is 11.0 Å². The van der Waals surface area contributed by atoms with E-state index in [1.807, 2.05) is 0 Å². The van der Waals surface area contributed by atoms with Gasteiger partial charge in [-0.2, -0.15) is 23.1 Å². The summed E-state index contributed by atoms with van der Waals surface area (Å²) in [5.41, 5.74) is 1.94. The Bertz CT molecular complexity index is 1390. The molecule has 2 amide bonds. The first kappa shape index (κ1) is 32.2. The quantitative estimate of drug-likeness (QED) is 0.267. The molecule has 0 saturated heterocycles. The summed E-state index contributed by atoms with van der Waals surface area (Å²) in [6.07, 6.45) is -2.70. The molecule has 0 radical (unpaired) electrons. The lowest BCUT2D eigenvalue weighted by Crippen LogP contribution is -2.38. The number of H-pyrrole nitrogens is 1. The molecular weight excluding hydrogens is 587 g/mol. The Morgan fingerprint density at radius 3 is 2.35 bits per heavy atom. The fourth-order valence-electron chi connectivity index (χ4n) is 4.81. The Labute approximate surface area is 242 Å². The van der Waals surface area contributed by atoms with Gasteiger partial charge in [-0.15, -0.1) is 5.10 Å². The fourth-order valence-corrected chi connectivity index (χ4v) is 4.81. The molecule has 0 spiro atoms. The molecule has 0 bridgehead atoms. The molecule has 2 aliphatic rings. The number of alkyl halides is 7. The predicted molar refractivity (Wildman–Crippen MR) is 140 cm³/mol. The van der Waals surface area contributed by atoms with Gasteiger partial charge in [0.2, 0.25) is 17.8 Å². The molecule has 2 aliphatic carbocycles. The molecule has 1 aromatic carbocycles. The molecular formula is C27H32F7N7O2. The zero-order valence-electron chi connectivity index (χ0n) is 23.1. The number of hydrogen-bond acceptors (Lipinski definition) is 5. The van der Waals surface area contributed by atoms with E-state index in [4.69, 9.17) is 0 Å². The van der Waals surface area contributed by atoms with Crippen LogP contribution in [0.3, 0.4) is 0 Å². The minimum absolute atomic E-state index is 0.0516. The molecule has 0 aliphatic heterocycles. The average molecular weight is 620 g/mol. The van der Waals surface area contributed by atoms with Crippen molar-refractivity contribution in [3.63, 3.8) is 0 Å². The second-order valence-corrected chi connectivity index (χ2v) is 10.9. The number of nitrogens with zero attached hydrogens (tertiary/aromatic N) is 4. The Balaban J connectivity index is 0.000000458. The first-order chi connectivity index (χ1) is 20.2. The number of aromatic amines is 1. The summed E-state index contributed by atoms with van der Waals surface area (Å²) < 4.78 is 86.9. The number of nitrogens with one attached hydrogen (secondary N) is 3. The normalized spacial score (nSPS) is 17.9. The lowest BCUT2D eigenvalue weighted by Gasteiger charge is -2.34. The van der Waals surface area contributed by atoms with Crippen molar-refractivity contribution in [1.29, 1.82) is 0 Å². The highest BCUT2D eigenvalue weighted by Crippen LogP contribution is 2.42. The van der Waals surface area contributed by atoms with Crippen LogP contribution in [0, 0.1) is 5.92 Å². The summed E-state index contributed by atoms with van der Waals surface area (Å²) in [7, 11) is 0. The monoisotopic (exact) mass is 619 g/mol. The highest BCUT2D eigenvalue weighted by Gasteiger charge is 2.45. The van der Waals surface area contributed by atoms with Crippen molar-refractivity contribution in [2.24, 2.45) is 5.92 Å². The van der Waals surface area contributed by atoms with E-state index in [9.17, 15) is 40.3 Å². The van der Waals surface area contributed by atoms with E-state index in [1.54, 1.807) is 18.2 Å². The number of carbonyl (C=O) groups excluding carboxylic acids is 2. The molecule has 0 atom stereocenters. The molecule has 2 heterocycles. The van der Waals surface area contributed by atoms with Crippen LogP contribution in [0.1, 0.15) is 79.7 Å². The smallest absolute Gasteiger partial charge is 0.352 e. The summed E-state index contributed by atoms with van der Waals surface area (Å²) in [6.45, 7) is 0.335. The summed E-state index contributed by atoms with van der Waals surface area (Å²) in [6, 6.07) is 5.07. The van der Waals surface area contributed by atoms with Crippen molar-refractivity contribution in [1.82, 2.24) is 35.6 Å². The Hall–Kier alpha value is -3.72. The molecule has 5 rings (SSSR count). The van der Waals surface area contributed by atoms with Crippen LogP contribution in [0.2, 0.25) is 0 Å². The first-order valence-electron chi connectivity index (χ1n) is 13.9. The van der Waals surface area contributed by atoms with E-state index < -0.39 is 42.7 Å². The van der Waals surface area contributed by atoms with Gasteiger partial charge in [-0.1, -0.05) is 12.5 Å². The molecule has 2 aromatic heterocycles. The lowest BCUT2D eigenvalue weighted by molar-refractivity contribution is -0.144. The Morgan fingerprint density at radius 2 is 1.72 bits per heavy atom. The number of amides is 2. The molecule has 43 heavy (non-hydrogen) atoms. The number of hydrogen-bond donors (Lipinski definition) is 3. The highest BCUT2D eigenvalue weighted by molar-refractivity contribution is 5.91. The van der Waals surface area contributed by atoms with Gasteiger partial charge in [-0.05, 0) is 36.5 Å². The number of benzene rings is 1. The van der Waals surface area contributed by atoms with Crippen molar-refractivity contribution < 1.29 is 40.3 Å². The largest absolute Gasteiger partial charge is 0.389 e. The van der Waals surface area contributed by atoms with E-state index in [-0.39, 0.29) is 56.9 Å². The van der Waals surface area contributed by atoms with Crippen LogP contribution < -0.4 is 10.6 Å². The highest BCUT2D eigenvalue weighted by atomic mass is 19.4. The van der Waals surface area contributed by atoms with Crippen molar-refractivity contribution in [3.8, 4) is 0 Å². The summed E-state index contributed by atoms with van der Waals surface area (Å²) in [5, 5.41) is 13.1. The van der Waals surface area contributed by atoms with Crippen molar-refractivity contribution in [2.45, 2.75) is 95.4 Å². The van der Waals surface area contributed by atoms with Gasteiger partial charge in [0, 0.05) is 38.6 Å². The molecule has 9 nitrogen and oxygen atoms in total. The van der Waals surface area contributed by atoms with Gasteiger partial charge in [0.15, 0.2) is 5.69 Å². The van der Waals surface area contributed by atoms with E-state index in [0.717, 1.165) is 6.42 Å². The Morgan fingerprint density at radius 1 is 1.00 bits per heavy atom. The minimum Gasteiger partial charge on any atom is -0.352 e. The van der Waals surface area contributed by atoms with Crippen LogP contribution in [-0.2, 0) is 24.4 Å². The second kappa shape index (κ2) is 13.3. The summed E-state index contributed by atoms with van der Waals surface area (Å²) >= 11 is 0. The summed E-state index contributed by atoms with van der Waals surface area (Å²) in [5.74, 6) is -5.92. The second-order valence-electron chi connectivity index (χ2n) is 10.9. The van der Waals surface area contributed by atoms with Crippen molar-refractivity contribution >= 4 is 22.8 Å². The molecule has 236 valence electrons. The van der Waals surface area contributed by atoms with E-state index in [1.165, 1.54) is 11.0 Å². The molecule has 0 unspecified atom stereocenters. The zero-order chi connectivity index (χ0) is 31.3. The van der Waals surface area contributed by atoms with Gasteiger partial charge < -0.3 is 15.6 Å². The maximum atomic E-state index is 12.9. The van der Waals surface area contributed by atoms with Crippen LogP contribution in [0.15, 0.2) is 24.4 Å². The van der Waals surface area contributed by atoms with E-state index in [0.29, 0.717) is 35.3 Å². The van der Waals surface area contributed by atoms with Crippen LogP contribution in [-0.4, -0.2) is 54.8 Å². The van der Waals surface area contributed by atoms with Gasteiger partial charge in [0.25, 0.3) is 5.91 Å². The van der Waals surface area contributed by atoms with Gasteiger partial charge in [0.1, 0.15) is 5.82 Å². The zero-order valence-corrected chi connectivity index (χ0v) is 23.1. The van der Waals surface area contributed by atoms with Crippen molar-refractivity contribution in [3.05, 3.63) is 41.5 Å². The minimum atomic E-state index is -4.38. The molecule has 2 fully saturated rings. The first-order valence-corrected chi connectivity index (χ1v) is 13.9. The van der Waals surface area contributed by atoms with Crippen LogP contribution in [0.4, 0.5) is 30.7 Å². The van der Waals surface area contributed by atoms with Gasteiger partial charge in [-0.25, -0.2) is 22.5 Å². The third-order valence-corrected chi connectivity index (χ3v) is 7.09. The van der Waals surface area contributed by atoms with E-state index in [2.05, 4.69) is 30.8 Å². The topological polar surface area (TPSA) is 118 Å². The molecule has 3 N–H and O–H groups in total. The standard InChI is InChI=1S/C21H22F5N7O2.C6H10F2/c22-20(23)6-13(7-20)11-33-29-9-16(32-33)19(35)28-10-17-30-14-2-1-12(5-15(14)31-17)8-27-18(34)3-4-21(24,25)26;7-6(8)4-2-1-3-5-6/h1-2,5,9,13H,3-4,6-8,10-11H2,(H,27,34)(H,28,35)(H,30,31);1-5H2. The average Bonchev–Trinajstić information content (AvgIpc) is 3.55. The SMILES string of the molecule is FC1(F)CCCCC1.O=C(CCC(F)(F)F)NCc1ccc2nc(CNC(=O)c3cnn(CC4CC(F)(F)C4)n3)[nH]c2c1. The van der Waals surface area contributed by atoms with Gasteiger partial charge in [0.05, 0.1) is 36.7 Å². The number of halogens is 7. The fraction of sp³-hybridized carbons (Fsp3) is 0.593. The maximum absolute atomic E-state index is 12.9. The number of imidazole rings is 1. The van der Waals surface area contributed by atoms with Crippen LogP contribution >= 0.6 is 0 Å². The lowest BCUT2D eigenvalue weighted by atomic mass is 9.81. The maximum Gasteiger partial charge on any atom is 0.389 e. The number of rotatable bonds is 9. The van der Waals surface area contributed by atoms with Crippen LogP contribution in [0.5, 0.6) is 0 Å².